The number of amides is 1. The van der Waals surface area contributed by atoms with E-state index in [1.54, 1.807) is 29.0 Å². The number of aliphatic hydroxyl groups excluding tert-OH is 1. The Morgan fingerprint density at radius 3 is 3.04 bits per heavy atom. The number of carbonyl (C=O) groups is 1. The Bertz CT molecular complexity index is 757. The first-order valence-electron chi connectivity index (χ1n) is 8.58. The average Bonchev–Trinajstić information content (AvgIpc) is 3.19. The van der Waals surface area contributed by atoms with Crippen LogP contribution < -0.4 is 5.73 Å². The van der Waals surface area contributed by atoms with Gasteiger partial charge in [-0.3, -0.25) is 9.69 Å². The van der Waals surface area contributed by atoms with E-state index in [1.807, 2.05) is 4.90 Å². The summed E-state index contributed by atoms with van der Waals surface area (Å²) in [5.74, 6) is 0.0361. The van der Waals surface area contributed by atoms with E-state index in [-0.39, 0.29) is 18.6 Å². The highest BCUT2D eigenvalue weighted by atomic mass is 16.3. The topological polar surface area (TPSA) is 87.1 Å². The molecule has 0 bridgehead atoms. The summed E-state index contributed by atoms with van der Waals surface area (Å²) in [6.45, 7) is 2.63. The van der Waals surface area contributed by atoms with Crippen molar-refractivity contribution in [2.45, 2.75) is 31.3 Å². The van der Waals surface area contributed by atoms with Crippen molar-refractivity contribution in [2.75, 3.05) is 32.0 Å². The van der Waals surface area contributed by atoms with Crippen molar-refractivity contribution in [3.63, 3.8) is 0 Å². The summed E-state index contributed by atoms with van der Waals surface area (Å²) >= 11 is 0. The zero-order valence-electron chi connectivity index (χ0n) is 13.6. The summed E-state index contributed by atoms with van der Waals surface area (Å²) in [7, 11) is 0. The van der Waals surface area contributed by atoms with Crippen LogP contribution in [-0.2, 0) is 0 Å². The zero-order chi connectivity index (χ0) is 16.7. The van der Waals surface area contributed by atoms with Gasteiger partial charge in [0.1, 0.15) is 0 Å². The number of aliphatic hydroxyl groups is 1. The summed E-state index contributed by atoms with van der Waals surface area (Å²) in [4.78, 5) is 17.4. The molecule has 2 aliphatic rings. The Balaban J connectivity index is 1.61. The maximum absolute atomic E-state index is 13.1. The second-order valence-corrected chi connectivity index (χ2v) is 6.67. The number of fused-ring (bicyclic) bond motifs is 2. The fourth-order valence-electron chi connectivity index (χ4n) is 4.26. The molecule has 2 saturated heterocycles. The van der Waals surface area contributed by atoms with Crippen LogP contribution in [0, 0.1) is 0 Å². The normalized spacial score (nSPS) is 24.5. The van der Waals surface area contributed by atoms with Gasteiger partial charge in [-0.05, 0) is 37.9 Å². The number of rotatable bonds is 3. The van der Waals surface area contributed by atoms with Gasteiger partial charge in [0.15, 0.2) is 0 Å². The number of β-amino-alcohol motifs (C(OH)–C–C–N with tert-alkyl or cyclic N) is 1. The molecule has 0 radical (unpaired) electrons. The third-order valence-electron chi connectivity index (χ3n) is 5.35. The molecule has 4 heterocycles. The fourth-order valence-corrected chi connectivity index (χ4v) is 4.26. The summed E-state index contributed by atoms with van der Waals surface area (Å²) in [6.07, 6.45) is 6.47. The first-order valence-corrected chi connectivity index (χ1v) is 8.58. The van der Waals surface area contributed by atoms with E-state index in [0.717, 1.165) is 37.9 Å². The number of carbonyl (C=O) groups excluding carboxylic acids is 1. The van der Waals surface area contributed by atoms with Gasteiger partial charge >= 0.3 is 0 Å². The molecule has 7 nitrogen and oxygen atoms in total. The molecule has 24 heavy (non-hydrogen) atoms. The Kier molecular flexibility index (Phi) is 3.90. The molecule has 2 aromatic heterocycles. The first kappa shape index (κ1) is 15.4. The molecule has 4 rings (SSSR count). The summed E-state index contributed by atoms with van der Waals surface area (Å²) in [5.41, 5.74) is 7.86. The van der Waals surface area contributed by atoms with Crippen molar-refractivity contribution in [1.82, 2.24) is 19.4 Å². The molecule has 2 aromatic rings. The van der Waals surface area contributed by atoms with Gasteiger partial charge in [-0.25, -0.2) is 4.52 Å². The quantitative estimate of drug-likeness (QED) is 0.860. The Hall–Kier alpha value is -2.12. The van der Waals surface area contributed by atoms with Crippen molar-refractivity contribution in [3.05, 3.63) is 30.1 Å². The van der Waals surface area contributed by atoms with E-state index < -0.39 is 0 Å². The second-order valence-electron chi connectivity index (χ2n) is 6.67. The number of hydrogen-bond acceptors (Lipinski definition) is 5. The Labute approximate surface area is 140 Å². The lowest BCUT2D eigenvalue weighted by atomic mass is 9.96. The van der Waals surface area contributed by atoms with Crippen LogP contribution in [-0.4, -0.2) is 68.8 Å². The summed E-state index contributed by atoms with van der Waals surface area (Å²) in [6, 6.07) is 4.16. The van der Waals surface area contributed by atoms with E-state index in [4.69, 9.17) is 5.73 Å². The molecule has 0 aliphatic carbocycles. The number of nitrogens with two attached hydrogens (primary N) is 1. The van der Waals surface area contributed by atoms with Crippen LogP contribution >= 0.6 is 0 Å². The van der Waals surface area contributed by atoms with Crippen LogP contribution in [0.3, 0.4) is 0 Å². The molecule has 2 atom stereocenters. The summed E-state index contributed by atoms with van der Waals surface area (Å²) < 4.78 is 1.69. The molecule has 0 spiro atoms. The molecule has 1 amide bonds. The van der Waals surface area contributed by atoms with Gasteiger partial charge in [-0.15, -0.1) is 0 Å². The molecule has 2 aliphatic heterocycles. The van der Waals surface area contributed by atoms with Gasteiger partial charge in [0.2, 0.25) is 0 Å². The molecule has 2 unspecified atom stereocenters. The highest BCUT2D eigenvalue weighted by Gasteiger charge is 2.42. The van der Waals surface area contributed by atoms with Crippen LogP contribution in [0.25, 0.3) is 5.52 Å². The highest BCUT2D eigenvalue weighted by molar-refractivity contribution is 6.01. The van der Waals surface area contributed by atoms with Crippen LogP contribution in [0.4, 0.5) is 5.69 Å². The van der Waals surface area contributed by atoms with Gasteiger partial charge in [0.25, 0.3) is 5.91 Å². The van der Waals surface area contributed by atoms with E-state index in [2.05, 4.69) is 10.00 Å². The minimum atomic E-state index is 0.0361. The predicted octanol–water partition coefficient (Wildman–Crippen LogP) is 0.588. The molecule has 0 aromatic carbocycles. The average molecular weight is 329 g/mol. The minimum absolute atomic E-state index is 0.0361. The lowest BCUT2D eigenvalue weighted by Crippen LogP contribution is -2.51. The number of nitrogens with zero attached hydrogens (tertiary/aromatic N) is 4. The summed E-state index contributed by atoms with van der Waals surface area (Å²) in [5, 5.41) is 13.5. The maximum Gasteiger partial charge on any atom is 0.257 e. The number of likely N-dealkylation sites (tertiary alicyclic amines) is 2. The van der Waals surface area contributed by atoms with E-state index in [0.29, 0.717) is 23.8 Å². The van der Waals surface area contributed by atoms with Crippen molar-refractivity contribution in [3.8, 4) is 0 Å². The van der Waals surface area contributed by atoms with Crippen LogP contribution in [0.2, 0.25) is 0 Å². The lowest BCUT2D eigenvalue weighted by Gasteiger charge is -2.39. The van der Waals surface area contributed by atoms with Gasteiger partial charge in [-0.1, -0.05) is 0 Å². The number of aromatic nitrogens is 2. The lowest BCUT2D eigenvalue weighted by molar-refractivity contribution is 0.0555. The number of nitrogen functional groups attached to an aromatic ring is 1. The maximum atomic E-state index is 13.1. The number of hydrogen-bond donors (Lipinski definition) is 2. The third-order valence-corrected chi connectivity index (χ3v) is 5.35. The third kappa shape index (κ3) is 2.44. The molecule has 7 heteroatoms. The Morgan fingerprint density at radius 2 is 2.21 bits per heavy atom. The molecule has 0 saturated carbocycles. The minimum Gasteiger partial charge on any atom is -0.399 e. The largest absolute Gasteiger partial charge is 0.399 e. The van der Waals surface area contributed by atoms with Gasteiger partial charge in [-0.2, -0.15) is 5.10 Å². The van der Waals surface area contributed by atoms with E-state index in [9.17, 15) is 9.90 Å². The predicted molar refractivity (Wildman–Crippen MR) is 90.7 cm³/mol. The molecular weight excluding hydrogens is 306 g/mol. The molecule has 2 fully saturated rings. The van der Waals surface area contributed by atoms with Gasteiger partial charge < -0.3 is 15.7 Å². The van der Waals surface area contributed by atoms with Gasteiger partial charge in [0.05, 0.1) is 23.9 Å². The van der Waals surface area contributed by atoms with Crippen LogP contribution in [0.15, 0.2) is 24.5 Å². The molecule has 128 valence electrons. The van der Waals surface area contributed by atoms with Crippen molar-refractivity contribution in [1.29, 1.82) is 0 Å². The first-order chi connectivity index (χ1) is 11.7. The molecule has 3 N–H and O–H groups in total. The van der Waals surface area contributed by atoms with E-state index in [1.165, 1.54) is 0 Å². The van der Waals surface area contributed by atoms with Crippen LogP contribution in [0.5, 0.6) is 0 Å². The van der Waals surface area contributed by atoms with E-state index >= 15 is 0 Å². The monoisotopic (exact) mass is 329 g/mol. The smallest absolute Gasteiger partial charge is 0.257 e. The van der Waals surface area contributed by atoms with Crippen molar-refractivity contribution < 1.29 is 9.90 Å². The fraction of sp³-hybridized carbons (Fsp3) is 0.529. The van der Waals surface area contributed by atoms with Crippen molar-refractivity contribution in [2.24, 2.45) is 0 Å². The Morgan fingerprint density at radius 1 is 1.33 bits per heavy atom. The van der Waals surface area contributed by atoms with Crippen molar-refractivity contribution >= 4 is 17.1 Å². The number of pyridine rings is 1. The highest BCUT2D eigenvalue weighted by Crippen LogP contribution is 2.32. The van der Waals surface area contributed by atoms with Gasteiger partial charge in [0, 0.05) is 37.1 Å². The van der Waals surface area contributed by atoms with Crippen LogP contribution in [0.1, 0.15) is 29.6 Å². The standard InChI is InChI=1S/C17H23N5O2/c18-12-3-7-22-16(10-12)13(11-19-22)17(24)21-6-4-14-15(21)2-1-5-20(14)8-9-23/h3,7,10-11,14-15,23H,1-2,4-6,8-9,18H2. The number of piperidine rings is 1. The number of anilines is 1. The molecular formula is C17H23N5O2. The second kappa shape index (κ2) is 6.07. The SMILES string of the molecule is Nc1ccn2ncc(C(=O)N3CCC4C3CCCN4CCO)c2c1. The zero-order valence-corrected chi connectivity index (χ0v) is 13.6.